The minimum absolute atomic E-state index is 0.477. The normalized spacial score (nSPS) is 10.8. The number of anilines is 1. The Morgan fingerprint density at radius 2 is 1.82 bits per heavy atom. The second kappa shape index (κ2) is 8.48. The van der Waals surface area contributed by atoms with Gasteiger partial charge in [-0.15, -0.1) is 0 Å². The second-order valence-corrected chi connectivity index (χ2v) is 7.18. The molecule has 0 bridgehead atoms. The molecule has 0 radical (unpaired) electrons. The lowest BCUT2D eigenvalue weighted by Crippen LogP contribution is -2.18. The molecule has 0 amide bonds. The Balaban J connectivity index is 2.29. The molecule has 3 aromatic rings. The molecule has 0 aliphatic heterocycles. The third-order valence-electron chi connectivity index (χ3n) is 4.62. The van der Waals surface area contributed by atoms with Gasteiger partial charge < -0.3 is 18.9 Å². The van der Waals surface area contributed by atoms with Crippen LogP contribution in [0, 0.1) is 0 Å². The van der Waals surface area contributed by atoms with Crippen molar-refractivity contribution in [2.45, 2.75) is 19.9 Å². The summed E-state index contributed by atoms with van der Waals surface area (Å²) in [5.74, 6) is 1.93. The summed E-state index contributed by atoms with van der Waals surface area (Å²) < 4.78 is 25.2. The van der Waals surface area contributed by atoms with Gasteiger partial charge in [0.15, 0.2) is 17.3 Å². The van der Waals surface area contributed by atoms with Gasteiger partial charge in [-0.2, -0.15) is 0 Å². The van der Waals surface area contributed by atoms with E-state index in [4.69, 9.17) is 14.5 Å². The second-order valence-electron chi connectivity index (χ2n) is 6.61. The molecule has 0 saturated carbocycles. The number of aryl methyl sites for hydroxylation is 1. The Labute approximate surface area is 168 Å². The summed E-state index contributed by atoms with van der Waals surface area (Å²) in [6, 6.07) is 11.7. The fraction of sp³-hybridized carbons (Fsp3) is 0.333. The van der Waals surface area contributed by atoms with Gasteiger partial charge in [-0.25, -0.2) is 9.19 Å². The maximum atomic E-state index is 12.2. The molecule has 6 nitrogen and oxygen atoms in total. The van der Waals surface area contributed by atoms with E-state index < -0.39 is 0 Å². The highest BCUT2D eigenvalue weighted by Gasteiger charge is 2.21. The molecule has 1 heterocycles. The van der Waals surface area contributed by atoms with Crippen LogP contribution in [0.15, 0.2) is 36.4 Å². The first-order valence-corrected chi connectivity index (χ1v) is 9.85. The van der Waals surface area contributed by atoms with Crippen LogP contribution in [-0.2, 0) is 17.8 Å². The molecule has 0 saturated heterocycles. The number of rotatable bonds is 7. The van der Waals surface area contributed by atoms with Gasteiger partial charge in [-0.05, 0) is 12.5 Å². The van der Waals surface area contributed by atoms with E-state index in [2.05, 4.69) is 11.5 Å². The maximum Gasteiger partial charge on any atom is 0.163 e. The number of para-hydroxylation sites is 1. The van der Waals surface area contributed by atoms with E-state index in [0.717, 1.165) is 35.2 Å². The summed E-state index contributed by atoms with van der Waals surface area (Å²) in [6.07, 6.45) is 0.916. The monoisotopic (exact) mass is 399 g/mol. The van der Waals surface area contributed by atoms with E-state index in [9.17, 15) is 4.21 Å². The number of fused-ring (bicyclic) bond motifs is 1. The molecule has 3 rings (SSSR count). The van der Waals surface area contributed by atoms with Crippen LogP contribution >= 0.6 is 0 Å². The molecule has 0 unspecified atom stereocenters. The third-order valence-corrected chi connectivity index (χ3v) is 5.19. The summed E-state index contributed by atoms with van der Waals surface area (Å²) >= 11 is 0.477. The molecule has 2 aromatic carbocycles. The standard InChI is InChI=1S/C21H25N3O3S/c1-6-11-24-17-13-19(27-5)18(26-4)12-15(17)22-21(24)20(28-25)14-9-7-8-10-16(14)23(2)3/h7-10,12-13H,6,11H2,1-5H3. The average molecular weight is 400 g/mol. The number of aromatic nitrogens is 2. The van der Waals surface area contributed by atoms with Crippen LogP contribution in [0.25, 0.3) is 11.0 Å². The fourth-order valence-corrected chi connectivity index (χ4v) is 3.83. The quantitative estimate of drug-likeness (QED) is 0.451. The number of nitrogens with zero attached hydrogens (tertiary/aromatic N) is 3. The number of benzene rings is 2. The zero-order valence-electron chi connectivity index (χ0n) is 16.9. The Bertz CT molecular complexity index is 1050. The van der Waals surface area contributed by atoms with E-state index in [0.29, 0.717) is 33.4 Å². The average Bonchev–Trinajstić information content (AvgIpc) is 3.05. The van der Waals surface area contributed by atoms with Crippen LogP contribution in [0.5, 0.6) is 11.5 Å². The summed E-state index contributed by atoms with van der Waals surface area (Å²) in [6.45, 7) is 2.85. The number of hydrogen-bond donors (Lipinski definition) is 0. The number of ether oxygens (including phenoxy) is 2. The molecule has 0 aliphatic carbocycles. The van der Waals surface area contributed by atoms with E-state index >= 15 is 0 Å². The number of methoxy groups -OCH3 is 2. The van der Waals surface area contributed by atoms with E-state index in [1.165, 1.54) is 0 Å². The molecule has 0 aliphatic rings. The van der Waals surface area contributed by atoms with Crippen LogP contribution in [-0.4, -0.2) is 46.9 Å². The smallest absolute Gasteiger partial charge is 0.163 e. The predicted molar refractivity (Wildman–Crippen MR) is 115 cm³/mol. The Morgan fingerprint density at radius 3 is 2.43 bits per heavy atom. The predicted octanol–water partition coefficient (Wildman–Crippen LogP) is 3.31. The molecule has 0 atom stereocenters. The van der Waals surface area contributed by atoms with Crippen molar-refractivity contribution in [3.05, 3.63) is 47.8 Å². The molecule has 0 spiro atoms. The highest BCUT2D eigenvalue weighted by molar-refractivity contribution is 7.67. The molecule has 0 fully saturated rings. The van der Waals surface area contributed by atoms with Gasteiger partial charge in [-0.1, -0.05) is 25.1 Å². The van der Waals surface area contributed by atoms with Crippen molar-refractivity contribution in [3.8, 4) is 11.5 Å². The van der Waals surface area contributed by atoms with Crippen molar-refractivity contribution in [3.63, 3.8) is 0 Å². The van der Waals surface area contributed by atoms with Gasteiger partial charge in [0, 0.05) is 44.0 Å². The largest absolute Gasteiger partial charge is 0.493 e. The molecular formula is C21H25N3O3S. The van der Waals surface area contributed by atoms with Gasteiger partial charge >= 0.3 is 0 Å². The molecule has 0 N–H and O–H groups in total. The van der Waals surface area contributed by atoms with Crippen molar-refractivity contribution in [1.29, 1.82) is 0 Å². The van der Waals surface area contributed by atoms with Gasteiger partial charge in [0.1, 0.15) is 16.1 Å². The molecular weight excluding hydrogens is 374 g/mol. The van der Waals surface area contributed by atoms with Crippen molar-refractivity contribution in [2.24, 2.45) is 0 Å². The highest BCUT2D eigenvalue weighted by atomic mass is 32.1. The van der Waals surface area contributed by atoms with Crippen molar-refractivity contribution in [1.82, 2.24) is 9.55 Å². The van der Waals surface area contributed by atoms with Crippen LogP contribution in [0.4, 0.5) is 5.69 Å². The third kappa shape index (κ3) is 3.49. The van der Waals surface area contributed by atoms with Crippen LogP contribution in [0.3, 0.4) is 0 Å². The summed E-state index contributed by atoms with van der Waals surface area (Å²) in [4.78, 5) is 7.42. The van der Waals surface area contributed by atoms with Gasteiger partial charge in [0.05, 0.1) is 25.3 Å². The molecule has 7 heteroatoms. The summed E-state index contributed by atoms with van der Waals surface area (Å²) in [7, 11) is 7.16. The fourth-order valence-electron chi connectivity index (χ4n) is 3.33. The zero-order chi connectivity index (χ0) is 20.3. The molecule has 1 aromatic heterocycles. The maximum absolute atomic E-state index is 12.2. The number of imidazole rings is 1. The van der Waals surface area contributed by atoms with Crippen LogP contribution in [0.2, 0.25) is 0 Å². The first-order chi connectivity index (χ1) is 13.5. The lowest BCUT2D eigenvalue weighted by Gasteiger charge is -2.18. The Morgan fingerprint density at radius 1 is 1.14 bits per heavy atom. The minimum atomic E-state index is 0.477. The van der Waals surface area contributed by atoms with Crippen molar-refractivity contribution >= 4 is 32.8 Å². The van der Waals surface area contributed by atoms with E-state index in [1.807, 2.05) is 55.4 Å². The highest BCUT2D eigenvalue weighted by Crippen LogP contribution is 2.33. The number of hydrogen-bond acceptors (Lipinski definition) is 5. The first kappa shape index (κ1) is 19.9. The van der Waals surface area contributed by atoms with Crippen molar-refractivity contribution < 1.29 is 13.7 Å². The van der Waals surface area contributed by atoms with E-state index in [-0.39, 0.29) is 0 Å². The lowest BCUT2D eigenvalue weighted by molar-refractivity contribution is 0.355. The minimum Gasteiger partial charge on any atom is -0.493 e. The Hall–Kier alpha value is -2.80. The Kier molecular flexibility index (Phi) is 6.04. The molecule has 148 valence electrons. The van der Waals surface area contributed by atoms with Gasteiger partial charge in [0.2, 0.25) is 0 Å². The van der Waals surface area contributed by atoms with Crippen LogP contribution < -0.4 is 14.4 Å². The van der Waals surface area contributed by atoms with Crippen LogP contribution in [0.1, 0.15) is 24.7 Å². The zero-order valence-corrected chi connectivity index (χ0v) is 17.7. The molecule has 28 heavy (non-hydrogen) atoms. The van der Waals surface area contributed by atoms with Gasteiger partial charge in [-0.3, -0.25) is 0 Å². The van der Waals surface area contributed by atoms with E-state index in [1.54, 1.807) is 14.2 Å². The lowest BCUT2D eigenvalue weighted by atomic mass is 10.1. The van der Waals surface area contributed by atoms with Gasteiger partial charge in [0.25, 0.3) is 0 Å². The summed E-state index contributed by atoms with van der Waals surface area (Å²) in [5, 5.41) is 0. The topological polar surface area (TPSA) is 56.6 Å². The first-order valence-electron chi connectivity index (χ1n) is 9.11. The SMILES string of the molecule is CCCn1c(C(=S=O)c2ccccc2N(C)C)nc2cc(OC)c(OC)cc21. The van der Waals surface area contributed by atoms with Crippen molar-refractivity contribution in [2.75, 3.05) is 33.2 Å². The summed E-state index contributed by atoms with van der Waals surface area (Å²) in [5.41, 5.74) is 3.54.